The molecule has 2 aromatic carbocycles. The smallest absolute Gasteiger partial charge is 0.124 e. The van der Waals surface area contributed by atoms with Crippen LogP contribution in [0.15, 0.2) is 42.5 Å². The summed E-state index contributed by atoms with van der Waals surface area (Å²) in [4.78, 5) is 0. The molecule has 0 nitrogen and oxygen atoms in total. The van der Waals surface area contributed by atoms with Crippen molar-refractivity contribution in [3.05, 3.63) is 70.0 Å². The van der Waals surface area contributed by atoms with Gasteiger partial charge in [0.15, 0.2) is 0 Å². The summed E-state index contributed by atoms with van der Waals surface area (Å²) in [6, 6.07) is 12.7. The molecule has 0 radical (unpaired) electrons. The zero-order valence-corrected chi connectivity index (χ0v) is 12.2. The summed E-state index contributed by atoms with van der Waals surface area (Å²) in [6.07, 6.45) is 0.716. The Kier molecular flexibility index (Phi) is 4.84. The molecule has 0 heterocycles. The molecule has 0 saturated heterocycles. The molecule has 1 atom stereocenters. The number of rotatable bonds is 4. The van der Waals surface area contributed by atoms with Gasteiger partial charge in [-0.15, -0.1) is 11.6 Å². The highest BCUT2D eigenvalue weighted by Crippen LogP contribution is 2.28. The number of aryl methyl sites for hydroxylation is 1. The molecule has 0 N–H and O–H groups in total. The number of hydrogen-bond donors (Lipinski definition) is 0. The van der Waals surface area contributed by atoms with E-state index in [2.05, 4.69) is 19.1 Å². The number of alkyl halides is 1. The van der Waals surface area contributed by atoms with Crippen molar-refractivity contribution in [2.45, 2.75) is 19.3 Å². The summed E-state index contributed by atoms with van der Waals surface area (Å²) in [5, 5.41) is 0.462. The van der Waals surface area contributed by atoms with Gasteiger partial charge in [-0.2, -0.15) is 0 Å². The van der Waals surface area contributed by atoms with E-state index in [4.69, 9.17) is 23.2 Å². The average Bonchev–Trinajstić information content (AvgIpc) is 2.39. The molecular formula is C16H15Cl2F. The minimum Gasteiger partial charge on any atom is -0.207 e. The summed E-state index contributed by atoms with van der Waals surface area (Å²) < 4.78 is 13.0. The van der Waals surface area contributed by atoms with Gasteiger partial charge in [-0.25, -0.2) is 4.39 Å². The van der Waals surface area contributed by atoms with E-state index in [0.717, 1.165) is 5.56 Å². The fraction of sp³-hybridized carbons (Fsp3) is 0.250. The van der Waals surface area contributed by atoms with Crippen molar-refractivity contribution in [3.8, 4) is 0 Å². The van der Waals surface area contributed by atoms with Crippen LogP contribution >= 0.6 is 23.2 Å². The highest BCUT2D eigenvalue weighted by molar-refractivity contribution is 6.31. The number of benzene rings is 2. The molecule has 0 saturated carbocycles. The Morgan fingerprint density at radius 2 is 1.89 bits per heavy atom. The molecule has 3 heteroatoms. The highest BCUT2D eigenvalue weighted by Gasteiger charge is 2.15. The van der Waals surface area contributed by atoms with Crippen LogP contribution in [0.2, 0.25) is 5.02 Å². The molecular weight excluding hydrogens is 282 g/mol. The highest BCUT2D eigenvalue weighted by atomic mass is 35.5. The van der Waals surface area contributed by atoms with Crippen LogP contribution in [0.5, 0.6) is 0 Å². The van der Waals surface area contributed by atoms with E-state index in [0.29, 0.717) is 17.3 Å². The molecule has 2 aromatic rings. The molecule has 2 rings (SSSR count). The first-order valence-corrected chi connectivity index (χ1v) is 7.08. The molecule has 0 fully saturated rings. The molecule has 0 aliphatic carbocycles. The molecule has 0 aliphatic rings. The van der Waals surface area contributed by atoms with Crippen molar-refractivity contribution in [2.75, 3.05) is 5.88 Å². The first-order chi connectivity index (χ1) is 9.11. The standard InChI is InChI=1S/C16H15Cl2F/c1-11-4-2-3-5-15(11)13(10-17)8-12-6-7-14(19)9-16(12)18/h2-7,9,13H,8,10H2,1H3. The van der Waals surface area contributed by atoms with Crippen molar-refractivity contribution in [1.82, 2.24) is 0 Å². The lowest BCUT2D eigenvalue weighted by atomic mass is 9.90. The van der Waals surface area contributed by atoms with Gasteiger partial charge < -0.3 is 0 Å². The largest absolute Gasteiger partial charge is 0.207 e. The zero-order valence-electron chi connectivity index (χ0n) is 10.7. The van der Waals surface area contributed by atoms with Crippen LogP contribution in [0, 0.1) is 12.7 Å². The maximum absolute atomic E-state index is 13.0. The molecule has 0 aromatic heterocycles. The lowest BCUT2D eigenvalue weighted by Crippen LogP contribution is -2.07. The lowest BCUT2D eigenvalue weighted by molar-refractivity contribution is 0.626. The van der Waals surface area contributed by atoms with Crippen molar-refractivity contribution < 1.29 is 4.39 Å². The zero-order chi connectivity index (χ0) is 13.8. The Balaban J connectivity index is 2.27. The van der Waals surface area contributed by atoms with Gasteiger partial charge in [0.25, 0.3) is 0 Å². The van der Waals surface area contributed by atoms with Crippen LogP contribution in [0.3, 0.4) is 0 Å². The molecule has 1 unspecified atom stereocenters. The van der Waals surface area contributed by atoms with E-state index in [9.17, 15) is 4.39 Å². The maximum atomic E-state index is 13.0. The quantitative estimate of drug-likeness (QED) is 0.667. The number of hydrogen-bond acceptors (Lipinski definition) is 0. The van der Waals surface area contributed by atoms with Gasteiger partial charge in [0, 0.05) is 16.8 Å². The van der Waals surface area contributed by atoms with Crippen molar-refractivity contribution >= 4 is 23.2 Å². The van der Waals surface area contributed by atoms with E-state index in [1.54, 1.807) is 6.07 Å². The predicted molar refractivity (Wildman–Crippen MR) is 79.8 cm³/mol. The van der Waals surface area contributed by atoms with Gasteiger partial charge in [0.05, 0.1) is 0 Å². The number of halogens is 3. The van der Waals surface area contributed by atoms with Crippen molar-refractivity contribution in [2.24, 2.45) is 0 Å². The molecule has 0 bridgehead atoms. The second kappa shape index (κ2) is 6.40. The third kappa shape index (κ3) is 3.49. The van der Waals surface area contributed by atoms with Gasteiger partial charge in [0.2, 0.25) is 0 Å². The minimum absolute atomic E-state index is 0.186. The fourth-order valence-corrected chi connectivity index (χ4v) is 2.76. The van der Waals surface area contributed by atoms with Gasteiger partial charge in [-0.3, -0.25) is 0 Å². The van der Waals surface area contributed by atoms with E-state index < -0.39 is 0 Å². The van der Waals surface area contributed by atoms with Crippen molar-refractivity contribution in [3.63, 3.8) is 0 Å². The van der Waals surface area contributed by atoms with E-state index in [1.165, 1.54) is 23.3 Å². The van der Waals surface area contributed by atoms with Gasteiger partial charge in [-0.1, -0.05) is 41.9 Å². The average molecular weight is 297 g/mol. The Bertz CT molecular complexity index is 566. The van der Waals surface area contributed by atoms with Gasteiger partial charge in [-0.05, 0) is 42.2 Å². The molecule has 0 spiro atoms. The molecule has 19 heavy (non-hydrogen) atoms. The topological polar surface area (TPSA) is 0 Å². The third-order valence-electron chi connectivity index (χ3n) is 3.30. The third-order valence-corrected chi connectivity index (χ3v) is 4.02. The lowest BCUT2D eigenvalue weighted by Gasteiger charge is -2.17. The van der Waals surface area contributed by atoms with Crippen molar-refractivity contribution in [1.29, 1.82) is 0 Å². The van der Waals surface area contributed by atoms with E-state index >= 15 is 0 Å². The van der Waals surface area contributed by atoms with Crippen LogP contribution in [0.1, 0.15) is 22.6 Å². The summed E-state index contributed by atoms with van der Waals surface area (Å²) in [6.45, 7) is 2.07. The summed E-state index contributed by atoms with van der Waals surface area (Å²) in [5.74, 6) is 0.386. The Morgan fingerprint density at radius 3 is 2.53 bits per heavy atom. The van der Waals surface area contributed by atoms with Crippen LogP contribution in [-0.4, -0.2) is 5.88 Å². The van der Waals surface area contributed by atoms with E-state index in [1.807, 2.05) is 12.1 Å². The first-order valence-electron chi connectivity index (χ1n) is 6.17. The van der Waals surface area contributed by atoms with Gasteiger partial charge >= 0.3 is 0 Å². The summed E-state index contributed by atoms with van der Waals surface area (Å²) in [7, 11) is 0. The van der Waals surface area contributed by atoms with Gasteiger partial charge in [0.1, 0.15) is 5.82 Å². The van der Waals surface area contributed by atoms with Crippen LogP contribution in [0.25, 0.3) is 0 Å². The molecule has 0 amide bonds. The normalized spacial score (nSPS) is 12.4. The Labute approximate surface area is 123 Å². The monoisotopic (exact) mass is 296 g/mol. The Hall–Kier alpha value is -1.05. The molecule has 0 aliphatic heterocycles. The SMILES string of the molecule is Cc1ccccc1C(CCl)Cc1ccc(F)cc1Cl. The summed E-state index contributed by atoms with van der Waals surface area (Å²) >= 11 is 12.2. The minimum atomic E-state index is -0.313. The maximum Gasteiger partial charge on any atom is 0.124 e. The fourth-order valence-electron chi connectivity index (χ4n) is 2.25. The second-order valence-corrected chi connectivity index (χ2v) is 5.36. The first kappa shape index (κ1) is 14.4. The second-order valence-electron chi connectivity index (χ2n) is 4.65. The molecule has 100 valence electrons. The van der Waals surface area contributed by atoms with E-state index in [-0.39, 0.29) is 11.7 Å². The van der Waals surface area contributed by atoms with Crippen LogP contribution in [0.4, 0.5) is 4.39 Å². The Morgan fingerprint density at radius 1 is 1.16 bits per heavy atom. The summed E-state index contributed by atoms with van der Waals surface area (Å²) in [5.41, 5.74) is 3.36. The van der Waals surface area contributed by atoms with Crippen LogP contribution in [-0.2, 0) is 6.42 Å². The van der Waals surface area contributed by atoms with Crippen LogP contribution < -0.4 is 0 Å². The predicted octanol–water partition coefficient (Wildman–Crippen LogP) is 5.35.